The maximum Gasteiger partial charge on any atom is 0.167 e. The summed E-state index contributed by atoms with van der Waals surface area (Å²) < 4.78 is 33.3. The number of halogens is 2. The number of nitrogens with zero attached hydrogens (tertiary/aromatic N) is 2. The third-order valence-electron chi connectivity index (χ3n) is 4.96. The second kappa shape index (κ2) is 8.14. The van der Waals surface area contributed by atoms with Crippen molar-refractivity contribution in [2.24, 2.45) is 0 Å². The van der Waals surface area contributed by atoms with Gasteiger partial charge in [0, 0.05) is 24.7 Å². The van der Waals surface area contributed by atoms with Gasteiger partial charge in [-0.15, -0.1) is 0 Å². The summed E-state index contributed by atoms with van der Waals surface area (Å²) in [4.78, 5) is 4.34. The molecule has 1 aliphatic heterocycles. The molecule has 1 aliphatic rings. The third-order valence-corrected chi connectivity index (χ3v) is 4.96. The second-order valence-corrected chi connectivity index (χ2v) is 7.15. The van der Waals surface area contributed by atoms with Crippen molar-refractivity contribution in [1.29, 1.82) is 0 Å². The van der Waals surface area contributed by atoms with Gasteiger partial charge in [0.05, 0.1) is 7.11 Å². The Bertz CT molecular complexity index is 746. The van der Waals surface area contributed by atoms with Crippen molar-refractivity contribution in [2.75, 3.05) is 27.7 Å². The molecule has 0 bridgehead atoms. The highest BCUT2D eigenvalue weighted by Crippen LogP contribution is 2.35. The summed E-state index contributed by atoms with van der Waals surface area (Å²) in [5.74, 6) is -1.24. The van der Waals surface area contributed by atoms with Gasteiger partial charge in [0.2, 0.25) is 0 Å². The third kappa shape index (κ3) is 4.05. The lowest BCUT2D eigenvalue weighted by Crippen LogP contribution is -2.24. The molecule has 3 nitrogen and oxygen atoms in total. The van der Waals surface area contributed by atoms with Crippen LogP contribution in [0.25, 0.3) is 0 Å². The Morgan fingerprint density at radius 1 is 1.12 bits per heavy atom. The van der Waals surface area contributed by atoms with Crippen LogP contribution in [0, 0.1) is 11.6 Å². The Kier molecular flexibility index (Phi) is 5.89. The number of hydrogen-bond donors (Lipinski definition) is 0. The van der Waals surface area contributed by atoms with Gasteiger partial charge in [-0.2, -0.15) is 0 Å². The number of rotatable bonds is 6. The zero-order valence-corrected chi connectivity index (χ0v) is 15.6. The van der Waals surface area contributed by atoms with E-state index in [1.54, 1.807) is 0 Å². The normalized spacial score (nSPS) is 17.8. The van der Waals surface area contributed by atoms with Gasteiger partial charge in [0.1, 0.15) is 5.75 Å². The maximum atomic E-state index is 14.3. The molecule has 0 saturated carbocycles. The summed E-state index contributed by atoms with van der Waals surface area (Å²) in [6.07, 6.45) is 2.07. The van der Waals surface area contributed by atoms with Crippen LogP contribution in [0.1, 0.15) is 35.6 Å². The Morgan fingerprint density at radius 3 is 2.50 bits per heavy atom. The Morgan fingerprint density at radius 2 is 1.85 bits per heavy atom. The summed E-state index contributed by atoms with van der Waals surface area (Å²) >= 11 is 0. The van der Waals surface area contributed by atoms with Gasteiger partial charge in [-0.1, -0.05) is 24.3 Å². The molecule has 1 atom stereocenters. The van der Waals surface area contributed by atoms with Gasteiger partial charge < -0.3 is 9.64 Å². The average Bonchev–Trinajstić information content (AvgIpc) is 3.07. The number of likely N-dealkylation sites (tertiary alicyclic amines) is 1. The molecule has 5 heteroatoms. The first-order valence-corrected chi connectivity index (χ1v) is 8.98. The van der Waals surface area contributed by atoms with Crippen molar-refractivity contribution in [2.45, 2.75) is 32.0 Å². The summed E-state index contributed by atoms with van der Waals surface area (Å²) in [5.41, 5.74) is 2.78. The molecule has 2 aromatic rings. The van der Waals surface area contributed by atoms with Gasteiger partial charge >= 0.3 is 0 Å². The van der Waals surface area contributed by atoms with E-state index in [4.69, 9.17) is 4.74 Å². The predicted octanol–water partition coefficient (Wildman–Crippen LogP) is 4.37. The first-order valence-electron chi connectivity index (χ1n) is 8.98. The Labute approximate surface area is 154 Å². The van der Waals surface area contributed by atoms with E-state index in [1.807, 2.05) is 14.1 Å². The van der Waals surface area contributed by atoms with E-state index in [0.29, 0.717) is 17.9 Å². The Hall–Kier alpha value is -1.98. The van der Waals surface area contributed by atoms with E-state index in [0.717, 1.165) is 32.0 Å². The van der Waals surface area contributed by atoms with Crippen LogP contribution >= 0.6 is 0 Å². The van der Waals surface area contributed by atoms with Gasteiger partial charge in [0.25, 0.3) is 0 Å². The smallest absolute Gasteiger partial charge is 0.167 e. The number of hydrogen-bond acceptors (Lipinski definition) is 3. The van der Waals surface area contributed by atoms with Crippen molar-refractivity contribution < 1.29 is 13.5 Å². The van der Waals surface area contributed by atoms with Crippen LogP contribution in [0.3, 0.4) is 0 Å². The SMILES string of the molecule is COc1ccc(F)c(F)c1CN1CCCC1c1ccc(CN(C)C)cc1. The first-order chi connectivity index (χ1) is 12.5. The topological polar surface area (TPSA) is 15.7 Å². The van der Waals surface area contributed by atoms with Crippen molar-refractivity contribution in [3.63, 3.8) is 0 Å². The quantitative estimate of drug-likeness (QED) is 0.761. The maximum absolute atomic E-state index is 14.3. The monoisotopic (exact) mass is 360 g/mol. The van der Waals surface area contributed by atoms with Crippen LogP contribution in [-0.4, -0.2) is 37.5 Å². The molecule has 0 amide bonds. The Balaban J connectivity index is 1.80. The van der Waals surface area contributed by atoms with Crippen LogP contribution in [0.15, 0.2) is 36.4 Å². The number of methoxy groups -OCH3 is 1. The minimum atomic E-state index is -0.829. The average molecular weight is 360 g/mol. The molecule has 0 radical (unpaired) electrons. The zero-order valence-electron chi connectivity index (χ0n) is 15.6. The highest BCUT2D eigenvalue weighted by Gasteiger charge is 2.28. The molecule has 0 spiro atoms. The molecule has 3 rings (SSSR count). The van der Waals surface area contributed by atoms with Gasteiger partial charge in [0.15, 0.2) is 11.6 Å². The second-order valence-electron chi connectivity index (χ2n) is 7.15. The van der Waals surface area contributed by atoms with Crippen molar-refractivity contribution in [3.8, 4) is 5.75 Å². The first kappa shape index (κ1) is 18.8. The van der Waals surface area contributed by atoms with Crippen LogP contribution in [0.2, 0.25) is 0 Å². The van der Waals surface area contributed by atoms with Crippen molar-refractivity contribution in [3.05, 3.63) is 64.7 Å². The summed E-state index contributed by atoms with van der Waals surface area (Å²) in [6.45, 7) is 2.11. The van der Waals surface area contributed by atoms with Gasteiger partial charge in [-0.3, -0.25) is 4.90 Å². The van der Waals surface area contributed by atoms with Crippen molar-refractivity contribution in [1.82, 2.24) is 9.80 Å². The van der Waals surface area contributed by atoms with E-state index in [-0.39, 0.29) is 6.04 Å². The fraction of sp³-hybridized carbons (Fsp3) is 0.429. The lowest BCUT2D eigenvalue weighted by Gasteiger charge is -2.26. The standard InChI is InChI=1S/C21H26F2N2O/c1-24(2)13-15-6-8-16(9-7-15)19-5-4-12-25(19)14-17-20(26-3)11-10-18(22)21(17)23/h6-11,19H,4-5,12-14H2,1-3H3. The molecular formula is C21H26F2N2O. The highest BCUT2D eigenvalue weighted by atomic mass is 19.2. The molecule has 1 saturated heterocycles. The summed E-state index contributed by atoms with van der Waals surface area (Å²) in [6, 6.07) is 11.4. The molecule has 26 heavy (non-hydrogen) atoms. The van der Waals surface area contributed by atoms with E-state index >= 15 is 0 Å². The minimum absolute atomic E-state index is 0.218. The summed E-state index contributed by atoms with van der Waals surface area (Å²) in [7, 11) is 5.59. The molecule has 1 unspecified atom stereocenters. The minimum Gasteiger partial charge on any atom is -0.496 e. The predicted molar refractivity (Wildman–Crippen MR) is 99.1 cm³/mol. The molecule has 0 aliphatic carbocycles. The van der Waals surface area contributed by atoms with Crippen molar-refractivity contribution >= 4 is 0 Å². The van der Waals surface area contributed by atoms with E-state index in [1.165, 1.54) is 24.3 Å². The number of benzene rings is 2. The van der Waals surface area contributed by atoms with Crippen LogP contribution in [0.4, 0.5) is 8.78 Å². The largest absolute Gasteiger partial charge is 0.496 e. The molecule has 1 heterocycles. The van der Waals surface area contributed by atoms with Gasteiger partial charge in [-0.05, 0) is 56.7 Å². The molecule has 2 aromatic carbocycles. The fourth-order valence-electron chi connectivity index (χ4n) is 3.72. The van der Waals surface area contributed by atoms with Crippen LogP contribution < -0.4 is 4.74 Å². The molecule has 140 valence electrons. The van der Waals surface area contributed by atoms with E-state index in [2.05, 4.69) is 34.1 Å². The lowest BCUT2D eigenvalue weighted by atomic mass is 10.0. The highest BCUT2D eigenvalue weighted by molar-refractivity contribution is 5.36. The fourth-order valence-corrected chi connectivity index (χ4v) is 3.72. The van der Waals surface area contributed by atoms with E-state index in [9.17, 15) is 8.78 Å². The lowest BCUT2D eigenvalue weighted by molar-refractivity contribution is 0.239. The zero-order chi connectivity index (χ0) is 18.7. The van der Waals surface area contributed by atoms with E-state index < -0.39 is 11.6 Å². The number of ether oxygens (including phenoxy) is 1. The van der Waals surface area contributed by atoms with Crippen LogP contribution in [0.5, 0.6) is 5.75 Å². The molecule has 0 N–H and O–H groups in total. The molecule has 0 aromatic heterocycles. The van der Waals surface area contributed by atoms with Crippen LogP contribution in [-0.2, 0) is 13.1 Å². The summed E-state index contributed by atoms with van der Waals surface area (Å²) in [5, 5.41) is 0. The molecule has 1 fully saturated rings. The molecular weight excluding hydrogens is 334 g/mol. The van der Waals surface area contributed by atoms with Gasteiger partial charge in [-0.25, -0.2) is 8.78 Å².